The zero-order valence-electron chi connectivity index (χ0n) is 11.9. The molecular formula is C16H18N2OS. The highest BCUT2D eigenvalue weighted by molar-refractivity contribution is 7.98. The average Bonchev–Trinajstić information content (AvgIpc) is 2.47. The van der Waals surface area contributed by atoms with Gasteiger partial charge in [-0.1, -0.05) is 12.1 Å². The van der Waals surface area contributed by atoms with Crippen molar-refractivity contribution in [2.24, 2.45) is 0 Å². The first kappa shape index (κ1) is 14.5. The molecule has 2 aromatic carbocycles. The van der Waals surface area contributed by atoms with Crippen molar-refractivity contribution in [3.05, 3.63) is 54.1 Å². The number of nitrogens with one attached hydrogen (secondary N) is 1. The van der Waals surface area contributed by atoms with Gasteiger partial charge in [-0.3, -0.25) is 4.79 Å². The van der Waals surface area contributed by atoms with E-state index >= 15 is 0 Å². The van der Waals surface area contributed by atoms with E-state index in [1.54, 1.807) is 11.8 Å². The summed E-state index contributed by atoms with van der Waals surface area (Å²) in [5.74, 6) is -0.0908. The van der Waals surface area contributed by atoms with Crippen molar-refractivity contribution < 1.29 is 4.79 Å². The average molecular weight is 286 g/mol. The standard InChI is InChI=1S/C16H18N2OS/c1-18(2)14-8-4-6-12(10-14)16(19)17-13-7-5-9-15(11-13)20-3/h4-11H,1-3H3,(H,17,19). The number of hydrogen-bond donors (Lipinski definition) is 1. The fourth-order valence-corrected chi connectivity index (χ4v) is 2.29. The highest BCUT2D eigenvalue weighted by atomic mass is 32.2. The maximum absolute atomic E-state index is 12.3. The maximum atomic E-state index is 12.3. The summed E-state index contributed by atoms with van der Waals surface area (Å²) in [6, 6.07) is 15.4. The van der Waals surface area contributed by atoms with Crippen LogP contribution < -0.4 is 10.2 Å². The molecule has 2 rings (SSSR count). The van der Waals surface area contributed by atoms with Crippen LogP contribution in [0.2, 0.25) is 0 Å². The molecule has 0 fully saturated rings. The summed E-state index contributed by atoms with van der Waals surface area (Å²) in [6.07, 6.45) is 2.02. The van der Waals surface area contributed by atoms with Crippen LogP contribution in [0.1, 0.15) is 10.4 Å². The number of anilines is 2. The molecular weight excluding hydrogens is 268 g/mol. The molecule has 0 aromatic heterocycles. The lowest BCUT2D eigenvalue weighted by Gasteiger charge is -2.13. The summed E-state index contributed by atoms with van der Waals surface area (Å²) in [6.45, 7) is 0. The Morgan fingerprint density at radius 3 is 2.55 bits per heavy atom. The van der Waals surface area contributed by atoms with Crippen molar-refractivity contribution in [1.82, 2.24) is 0 Å². The quantitative estimate of drug-likeness (QED) is 0.869. The molecule has 0 aliphatic heterocycles. The Hall–Kier alpha value is -1.94. The van der Waals surface area contributed by atoms with Crippen molar-refractivity contribution >= 4 is 29.0 Å². The van der Waals surface area contributed by atoms with Gasteiger partial charge in [-0.15, -0.1) is 11.8 Å². The third-order valence-corrected chi connectivity index (χ3v) is 3.68. The van der Waals surface area contributed by atoms with E-state index in [0.717, 1.165) is 16.3 Å². The second-order valence-corrected chi connectivity index (χ2v) is 5.51. The summed E-state index contributed by atoms with van der Waals surface area (Å²) in [5.41, 5.74) is 2.48. The van der Waals surface area contributed by atoms with Crippen LogP contribution in [-0.4, -0.2) is 26.3 Å². The summed E-state index contributed by atoms with van der Waals surface area (Å²) < 4.78 is 0. The molecule has 1 amide bonds. The Balaban J connectivity index is 2.17. The Morgan fingerprint density at radius 1 is 1.10 bits per heavy atom. The van der Waals surface area contributed by atoms with Crippen LogP contribution in [0.3, 0.4) is 0 Å². The second kappa shape index (κ2) is 6.48. The van der Waals surface area contributed by atoms with Gasteiger partial charge in [-0.2, -0.15) is 0 Å². The minimum atomic E-state index is -0.0908. The summed E-state index contributed by atoms with van der Waals surface area (Å²) in [5, 5.41) is 2.93. The van der Waals surface area contributed by atoms with Crippen molar-refractivity contribution in [2.45, 2.75) is 4.90 Å². The van der Waals surface area contributed by atoms with Gasteiger partial charge >= 0.3 is 0 Å². The molecule has 0 aliphatic rings. The predicted octanol–water partition coefficient (Wildman–Crippen LogP) is 3.73. The SMILES string of the molecule is CSc1cccc(NC(=O)c2cccc(N(C)C)c2)c1. The molecule has 0 bridgehead atoms. The molecule has 0 aliphatic carbocycles. The van der Waals surface area contributed by atoms with E-state index in [2.05, 4.69) is 5.32 Å². The molecule has 0 saturated heterocycles. The fourth-order valence-electron chi connectivity index (χ4n) is 1.83. The lowest BCUT2D eigenvalue weighted by atomic mass is 10.1. The molecule has 3 nitrogen and oxygen atoms in total. The minimum Gasteiger partial charge on any atom is -0.378 e. The van der Waals surface area contributed by atoms with Gasteiger partial charge < -0.3 is 10.2 Å². The van der Waals surface area contributed by atoms with Crippen molar-refractivity contribution in [2.75, 3.05) is 30.6 Å². The van der Waals surface area contributed by atoms with E-state index in [4.69, 9.17) is 0 Å². The van der Waals surface area contributed by atoms with Gasteiger partial charge in [0.1, 0.15) is 0 Å². The van der Waals surface area contributed by atoms with Gasteiger partial charge in [-0.25, -0.2) is 0 Å². The highest BCUT2D eigenvalue weighted by Crippen LogP contribution is 2.20. The van der Waals surface area contributed by atoms with Crippen LogP contribution in [0.25, 0.3) is 0 Å². The molecule has 0 atom stereocenters. The van der Waals surface area contributed by atoms with Crippen molar-refractivity contribution in [1.29, 1.82) is 0 Å². The first-order valence-electron chi connectivity index (χ1n) is 6.33. The molecule has 0 spiro atoms. The number of rotatable bonds is 4. The number of nitrogens with zero attached hydrogens (tertiary/aromatic N) is 1. The van der Waals surface area contributed by atoms with Crippen LogP contribution in [0.15, 0.2) is 53.4 Å². The fraction of sp³-hybridized carbons (Fsp3) is 0.188. The third-order valence-electron chi connectivity index (χ3n) is 2.95. The molecule has 104 valence electrons. The Labute approximate surface area is 124 Å². The van der Waals surface area contributed by atoms with E-state index in [1.165, 1.54) is 0 Å². The normalized spacial score (nSPS) is 10.2. The first-order chi connectivity index (χ1) is 9.60. The Morgan fingerprint density at radius 2 is 1.85 bits per heavy atom. The van der Waals surface area contributed by atoms with Gasteiger partial charge in [0, 0.05) is 35.9 Å². The largest absolute Gasteiger partial charge is 0.378 e. The van der Waals surface area contributed by atoms with E-state index in [-0.39, 0.29) is 5.91 Å². The first-order valence-corrected chi connectivity index (χ1v) is 7.55. The lowest BCUT2D eigenvalue weighted by molar-refractivity contribution is 0.102. The number of hydrogen-bond acceptors (Lipinski definition) is 3. The highest BCUT2D eigenvalue weighted by Gasteiger charge is 2.07. The number of carbonyl (C=O) groups is 1. The Bertz CT molecular complexity index is 611. The van der Waals surface area contributed by atoms with Gasteiger partial charge in [0.25, 0.3) is 5.91 Å². The predicted molar refractivity (Wildman–Crippen MR) is 86.9 cm³/mol. The van der Waals surface area contributed by atoms with E-state index in [9.17, 15) is 4.79 Å². The number of benzene rings is 2. The molecule has 1 N–H and O–H groups in total. The van der Waals surface area contributed by atoms with Gasteiger partial charge in [-0.05, 0) is 42.7 Å². The number of amides is 1. The molecule has 0 heterocycles. The zero-order chi connectivity index (χ0) is 14.5. The zero-order valence-corrected chi connectivity index (χ0v) is 12.7. The molecule has 4 heteroatoms. The molecule has 0 unspecified atom stereocenters. The van der Waals surface area contributed by atoms with Crippen LogP contribution in [0.5, 0.6) is 0 Å². The van der Waals surface area contributed by atoms with E-state index in [1.807, 2.05) is 73.8 Å². The van der Waals surface area contributed by atoms with Gasteiger partial charge in [0.05, 0.1) is 0 Å². The maximum Gasteiger partial charge on any atom is 0.255 e. The molecule has 20 heavy (non-hydrogen) atoms. The summed E-state index contributed by atoms with van der Waals surface area (Å²) in [4.78, 5) is 15.4. The summed E-state index contributed by atoms with van der Waals surface area (Å²) >= 11 is 1.65. The van der Waals surface area contributed by atoms with Crippen LogP contribution >= 0.6 is 11.8 Å². The third kappa shape index (κ3) is 3.54. The molecule has 2 aromatic rings. The topological polar surface area (TPSA) is 32.3 Å². The van der Waals surface area contributed by atoms with Gasteiger partial charge in [0.2, 0.25) is 0 Å². The molecule has 0 radical (unpaired) electrons. The molecule has 0 saturated carbocycles. The smallest absolute Gasteiger partial charge is 0.255 e. The van der Waals surface area contributed by atoms with Crippen LogP contribution in [0, 0.1) is 0 Å². The summed E-state index contributed by atoms with van der Waals surface area (Å²) in [7, 11) is 3.91. The van der Waals surface area contributed by atoms with Crippen LogP contribution in [-0.2, 0) is 0 Å². The van der Waals surface area contributed by atoms with Crippen molar-refractivity contribution in [3.8, 4) is 0 Å². The Kier molecular flexibility index (Phi) is 4.69. The van der Waals surface area contributed by atoms with E-state index in [0.29, 0.717) is 5.56 Å². The van der Waals surface area contributed by atoms with Crippen molar-refractivity contribution in [3.63, 3.8) is 0 Å². The van der Waals surface area contributed by atoms with E-state index < -0.39 is 0 Å². The monoisotopic (exact) mass is 286 g/mol. The van der Waals surface area contributed by atoms with Crippen LogP contribution in [0.4, 0.5) is 11.4 Å². The second-order valence-electron chi connectivity index (χ2n) is 4.63. The van der Waals surface area contributed by atoms with Gasteiger partial charge in [0.15, 0.2) is 0 Å². The number of carbonyl (C=O) groups excluding carboxylic acids is 1. The lowest BCUT2D eigenvalue weighted by Crippen LogP contribution is -2.14. The number of thioether (sulfide) groups is 1. The minimum absolute atomic E-state index is 0.0908.